The number of nitrogens with two attached hydrogens (primary N) is 1. The van der Waals surface area contributed by atoms with Crippen LogP contribution >= 0.6 is 0 Å². The number of benzene rings is 1. The summed E-state index contributed by atoms with van der Waals surface area (Å²) < 4.78 is 4.86. The molecule has 1 atom stereocenters. The molecule has 1 aromatic rings. The van der Waals surface area contributed by atoms with E-state index >= 15 is 0 Å². The summed E-state index contributed by atoms with van der Waals surface area (Å²) in [5.41, 5.74) is 7.96. The molecule has 0 aliphatic heterocycles. The first-order valence-electron chi connectivity index (χ1n) is 5.94. The Bertz CT molecular complexity index is 366. The maximum absolute atomic E-state index is 11.4. The molecule has 0 saturated carbocycles. The highest BCUT2D eigenvalue weighted by Crippen LogP contribution is 2.17. The Hall–Kier alpha value is -1.55. The van der Waals surface area contributed by atoms with Gasteiger partial charge in [-0.2, -0.15) is 0 Å². The predicted octanol–water partition coefficient (Wildman–Crippen LogP) is 1.99. The third kappa shape index (κ3) is 3.75. The Morgan fingerprint density at radius 1 is 1.41 bits per heavy atom. The lowest BCUT2D eigenvalue weighted by atomic mass is 9.99. The zero-order valence-electron chi connectivity index (χ0n) is 10.4. The van der Waals surface area contributed by atoms with Gasteiger partial charge in [0.15, 0.2) is 0 Å². The van der Waals surface area contributed by atoms with Crippen molar-refractivity contribution in [2.45, 2.75) is 26.3 Å². The largest absolute Gasteiger partial charge is 0.450 e. The summed E-state index contributed by atoms with van der Waals surface area (Å²) >= 11 is 0. The summed E-state index contributed by atoms with van der Waals surface area (Å²) in [6, 6.07) is 7.78. The third-order valence-electron chi connectivity index (χ3n) is 2.61. The van der Waals surface area contributed by atoms with E-state index in [0.717, 1.165) is 12.0 Å². The van der Waals surface area contributed by atoms with Crippen LogP contribution in [0.1, 0.15) is 31.0 Å². The van der Waals surface area contributed by atoms with E-state index in [1.165, 1.54) is 5.56 Å². The molecule has 0 bridgehead atoms. The first kappa shape index (κ1) is 13.5. The monoisotopic (exact) mass is 236 g/mol. The summed E-state index contributed by atoms with van der Waals surface area (Å²) in [4.78, 5) is 11.4. The fraction of sp³-hybridized carbons (Fsp3) is 0.462. The SMILES string of the molecule is CCOC(=O)NC(CN)c1ccccc1CC. The van der Waals surface area contributed by atoms with E-state index in [9.17, 15) is 4.79 Å². The summed E-state index contributed by atoms with van der Waals surface area (Å²) in [5.74, 6) is 0. The molecule has 4 heteroatoms. The van der Waals surface area contributed by atoms with Crippen LogP contribution in [0.2, 0.25) is 0 Å². The minimum atomic E-state index is -0.422. The second-order valence-electron chi connectivity index (χ2n) is 3.71. The van der Waals surface area contributed by atoms with Crippen molar-refractivity contribution < 1.29 is 9.53 Å². The normalized spacial score (nSPS) is 11.9. The van der Waals surface area contributed by atoms with Gasteiger partial charge in [0.25, 0.3) is 0 Å². The number of hydrogen-bond donors (Lipinski definition) is 2. The van der Waals surface area contributed by atoms with Gasteiger partial charge < -0.3 is 15.8 Å². The number of carbonyl (C=O) groups excluding carboxylic acids is 1. The molecule has 1 unspecified atom stereocenters. The van der Waals surface area contributed by atoms with Gasteiger partial charge in [-0.15, -0.1) is 0 Å². The van der Waals surface area contributed by atoms with Crippen LogP contribution in [0.4, 0.5) is 4.79 Å². The standard InChI is InChI=1S/C13H20N2O2/c1-3-10-7-5-6-8-11(10)12(9-14)15-13(16)17-4-2/h5-8,12H,3-4,9,14H2,1-2H3,(H,15,16). The number of ether oxygens (including phenoxy) is 1. The number of aryl methyl sites for hydroxylation is 1. The number of amides is 1. The van der Waals surface area contributed by atoms with Crippen LogP contribution in [0.15, 0.2) is 24.3 Å². The van der Waals surface area contributed by atoms with Gasteiger partial charge in [0, 0.05) is 6.54 Å². The topological polar surface area (TPSA) is 64.3 Å². The molecule has 0 aliphatic carbocycles. The lowest BCUT2D eigenvalue weighted by Gasteiger charge is -2.19. The second kappa shape index (κ2) is 6.91. The Morgan fingerprint density at radius 2 is 2.12 bits per heavy atom. The first-order valence-corrected chi connectivity index (χ1v) is 5.94. The Balaban J connectivity index is 2.82. The molecule has 1 rings (SSSR count). The molecule has 0 heterocycles. The van der Waals surface area contributed by atoms with Gasteiger partial charge in [0.2, 0.25) is 0 Å². The van der Waals surface area contributed by atoms with Crippen LogP contribution < -0.4 is 11.1 Å². The van der Waals surface area contributed by atoms with Gasteiger partial charge in [-0.05, 0) is 24.5 Å². The molecule has 17 heavy (non-hydrogen) atoms. The summed E-state index contributed by atoms with van der Waals surface area (Å²) in [6.07, 6.45) is 0.492. The molecule has 3 N–H and O–H groups in total. The van der Waals surface area contributed by atoms with E-state index in [2.05, 4.69) is 12.2 Å². The Morgan fingerprint density at radius 3 is 2.71 bits per heavy atom. The van der Waals surface area contributed by atoms with Crippen molar-refractivity contribution in [2.75, 3.05) is 13.2 Å². The van der Waals surface area contributed by atoms with E-state index in [4.69, 9.17) is 10.5 Å². The molecular weight excluding hydrogens is 216 g/mol. The number of alkyl carbamates (subject to hydrolysis) is 1. The fourth-order valence-electron chi connectivity index (χ4n) is 1.77. The fourth-order valence-corrected chi connectivity index (χ4v) is 1.77. The number of nitrogens with one attached hydrogen (secondary N) is 1. The molecule has 1 amide bonds. The maximum atomic E-state index is 11.4. The second-order valence-corrected chi connectivity index (χ2v) is 3.71. The van der Waals surface area contributed by atoms with Gasteiger partial charge in [0.05, 0.1) is 12.6 Å². The molecule has 0 saturated heterocycles. The van der Waals surface area contributed by atoms with E-state index < -0.39 is 6.09 Å². The Labute approximate surface area is 102 Å². The molecular formula is C13H20N2O2. The maximum Gasteiger partial charge on any atom is 0.407 e. The zero-order valence-corrected chi connectivity index (χ0v) is 10.4. The lowest BCUT2D eigenvalue weighted by Crippen LogP contribution is -2.34. The minimum Gasteiger partial charge on any atom is -0.450 e. The van der Waals surface area contributed by atoms with Crippen molar-refractivity contribution in [1.82, 2.24) is 5.32 Å². The third-order valence-corrected chi connectivity index (χ3v) is 2.61. The van der Waals surface area contributed by atoms with E-state index in [0.29, 0.717) is 13.2 Å². The molecule has 0 aliphatic rings. The molecule has 94 valence electrons. The van der Waals surface area contributed by atoms with Gasteiger partial charge in [-0.25, -0.2) is 4.79 Å². The molecule has 0 aromatic heterocycles. The highest BCUT2D eigenvalue weighted by molar-refractivity contribution is 5.68. The van der Waals surface area contributed by atoms with E-state index in [-0.39, 0.29) is 6.04 Å². The van der Waals surface area contributed by atoms with Crippen molar-refractivity contribution in [3.8, 4) is 0 Å². The van der Waals surface area contributed by atoms with Crippen LogP contribution in [-0.4, -0.2) is 19.2 Å². The molecule has 1 aromatic carbocycles. The average Bonchev–Trinajstić information content (AvgIpc) is 2.36. The number of rotatable bonds is 5. The first-order chi connectivity index (χ1) is 8.22. The van der Waals surface area contributed by atoms with Crippen molar-refractivity contribution in [2.24, 2.45) is 5.73 Å². The predicted molar refractivity (Wildman–Crippen MR) is 67.8 cm³/mol. The van der Waals surface area contributed by atoms with Crippen molar-refractivity contribution in [3.05, 3.63) is 35.4 Å². The average molecular weight is 236 g/mol. The number of hydrogen-bond acceptors (Lipinski definition) is 3. The Kier molecular flexibility index (Phi) is 5.49. The van der Waals surface area contributed by atoms with Gasteiger partial charge >= 0.3 is 6.09 Å². The van der Waals surface area contributed by atoms with Crippen molar-refractivity contribution >= 4 is 6.09 Å². The lowest BCUT2D eigenvalue weighted by molar-refractivity contribution is 0.148. The van der Waals surface area contributed by atoms with Gasteiger partial charge in [-0.3, -0.25) is 0 Å². The highest BCUT2D eigenvalue weighted by Gasteiger charge is 2.15. The van der Waals surface area contributed by atoms with Crippen molar-refractivity contribution in [1.29, 1.82) is 0 Å². The molecule has 0 fully saturated rings. The van der Waals surface area contributed by atoms with Crippen LogP contribution in [0.25, 0.3) is 0 Å². The molecule has 4 nitrogen and oxygen atoms in total. The smallest absolute Gasteiger partial charge is 0.407 e. The van der Waals surface area contributed by atoms with E-state index in [1.807, 2.05) is 24.3 Å². The highest BCUT2D eigenvalue weighted by atomic mass is 16.5. The molecule has 0 radical (unpaired) electrons. The summed E-state index contributed by atoms with van der Waals surface area (Å²) in [6.45, 7) is 4.57. The number of carbonyl (C=O) groups is 1. The quantitative estimate of drug-likeness (QED) is 0.821. The minimum absolute atomic E-state index is 0.190. The van der Waals surface area contributed by atoms with Gasteiger partial charge in [-0.1, -0.05) is 31.2 Å². The summed E-state index contributed by atoms with van der Waals surface area (Å²) in [7, 11) is 0. The zero-order chi connectivity index (χ0) is 12.7. The van der Waals surface area contributed by atoms with E-state index in [1.54, 1.807) is 6.92 Å². The summed E-state index contributed by atoms with van der Waals surface area (Å²) in [5, 5.41) is 2.77. The van der Waals surface area contributed by atoms with Crippen molar-refractivity contribution in [3.63, 3.8) is 0 Å². The van der Waals surface area contributed by atoms with Crippen LogP contribution in [0, 0.1) is 0 Å². The van der Waals surface area contributed by atoms with Crippen LogP contribution in [0.3, 0.4) is 0 Å². The van der Waals surface area contributed by atoms with Crippen LogP contribution in [0.5, 0.6) is 0 Å². The van der Waals surface area contributed by atoms with Crippen LogP contribution in [-0.2, 0) is 11.2 Å². The van der Waals surface area contributed by atoms with Gasteiger partial charge in [0.1, 0.15) is 0 Å². The molecule has 0 spiro atoms.